The largest absolute Gasteiger partial charge is 0.416 e. The van der Waals surface area contributed by atoms with Gasteiger partial charge in [0.25, 0.3) is 0 Å². The zero-order valence-corrected chi connectivity index (χ0v) is 17.1. The molecule has 0 saturated carbocycles. The molecule has 31 heavy (non-hydrogen) atoms. The topological polar surface area (TPSA) is 34.0 Å². The van der Waals surface area contributed by atoms with E-state index in [1.165, 1.54) is 17.7 Å². The van der Waals surface area contributed by atoms with Gasteiger partial charge in [0.15, 0.2) is 0 Å². The third kappa shape index (κ3) is 6.45. The van der Waals surface area contributed by atoms with Gasteiger partial charge in [0.2, 0.25) is 0 Å². The van der Waals surface area contributed by atoms with Gasteiger partial charge >= 0.3 is 6.18 Å². The highest BCUT2D eigenvalue weighted by Gasteiger charge is 2.30. The minimum Gasteiger partial charge on any atom is -0.166 e. The molecule has 5 heteroatoms. The van der Waals surface area contributed by atoms with Gasteiger partial charge in [-0.05, 0) is 65.9 Å². The Bertz CT molecular complexity index is 1030. The quantitative estimate of drug-likeness (QED) is 0.331. The van der Waals surface area contributed by atoms with Crippen molar-refractivity contribution in [3.8, 4) is 11.8 Å². The van der Waals surface area contributed by atoms with Crippen molar-refractivity contribution in [3.05, 3.63) is 106 Å². The van der Waals surface area contributed by atoms with Crippen LogP contribution >= 0.6 is 0 Å². The number of rotatable bonds is 6. The van der Waals surface area contributed by atoms with E-state index >= 15 is 0 Å². The van der Waals surface area contributed by atoms with Gasteiger partial charge in [0, 0.05) is 11.1 Å². The van der Waals surface area contributed by atoms with Gasteiger partial charge in [-0.1, -0.05) is 67.1 Å². The first-order valence-corrected chi connectivity index (χ1v) is 10.1. The number of nitrogens with zero attached hydrogens (tertiary/aromatic N) is 1. The molecule has 0 aliphatic carbocycles. The van der Waals surface area contributed by atoms with E-state index in [2.05, 4.69) is 36.4 Å². The summed E-state index contributed by atoms with van der Waals surface area (Å²) in [4.78, 5) is 0. The molecule has 0 amide bonds. The van der Waals surface area contributed by atoms with Crippen molar-refractivity contribution in [1.82, 2.24) is 5.48 Å². The summed E-state index contributed by atoms with van der Waals surface area (Å²) >= 11 is 0. The van der Waals surface area contributed by atoms with Crippen molar-refractivity contribution in [2.75, 3.05) is 0 Å². The summed E-state index contributed by atoms with van der Waals surface area (Å²) in [5, 5.41) is 11.3. The molecule has 0 N–H and O–H groups in total. The molecule has 0 bridgehead atoms. The first kappa shape index (κ1) is 22.6. The van der Waals surface area contributed by atoms with E-state index in [9.17, 15) is 18.4 Å². The van der Waals surface area contributed by atoms with Crippen LogP contribution in [0.15, 0.2) is 72.8 Å². The number of hydroxylamine groups is 1. The lowest BCUT2D eigenvalue weighted by atomic mass is 9.98. The van der Waals surface area contributed by atoms with Crippen LogP contribution in [-0.2, 0) is 24.2 Å². The molecule has 0 aliphatic heterocycles. The van der Waals surface area contributed by atoms with Gasteiger partial charge in [0.1, 0.15) is 0 Å². The number of benzene rings is 3. The third-order valence-corrected chi connectivity index (χ3v) is 4.98. The Kier molecular flexibility index (Phi) is 7.51. The molecule has 0 aliphatic rings. The Morgan fingerprint density at radius 1 is 0.806 bits per heavy atom. The Balaban J connectivity index is 1.65. The Morgan fingerprint density at radius 2 is 1.32 bits per heavy atom. The summed E-state index contributed by atoms with van der Waals surface area (Å²) in [6.45, 7) is 2.15. The first-order valence-electron chi connectivity index (χ1n) is 10.1. The average Bonchev–Trinajstić information content (AvgIpc) is 2.77. The predicted molar refractivity (Wildman–Crippen MR) is 114 cm³/mol. The van der Waals surface area contributed by atoms with E-state index in [1.807, 2.05) is 36.4 Å². The maximum Gasteiger partial charge on any atom is 0.416 e. The smallest absolute Gasteiger partial charge is 0.166 e. The molecule has 0 saturated heterocycles. The number of halogens is 3. The van der Waals surface area contributed by atoms with Gasteiger partial charge in [-0.2, -0.15) is 13.2 Å². The molecule has 1 unspecified atom stereocenters. The molecule has 2 nitrogen and oxygen atoms in total. The first-order chi connectivity index (χ1) is 14.9. The molecule has 1 atom stereocenters. The van der Waals surface area contributed by atoms with E-state index in [0.717, 1.165) is 41.7 Å². The maximum atomic E-state index is 12.7. The summed E-state index contributed by atoms with van der Waals surface area (Å²) in [6.07, 6.45) is -1.94. The van der Waals surface area contributed by atoms with Gasteiger partial charge in [0.05, 0.1) is 11.6 Å². The van der Waals surface area contributed by atoms with Crippen LogP contribution < -0.4 is 5.48 Å². The molecule has 0 fully saturated rings. The molecule has 0 aromatic heterocycles. The minimum atomic E-state index is -4.41. The van der Waals surface area contributed by atoms with Crippen LogP contribution in [0.4, 0.5) is 13.2 Å². The number of hydrogen-bond donors (Lipinski definition) is 0. The monoisotopic (exact) mass is 421 g/mol. The molecule has 0 heterocycles. The zero-order chi connectivity index (χ0) is 22.3. The van der Waals surface area contributed by atoms with Crippen molar-refractivity contribution in [3.63, 3.8) is 0 Å². The molecule has 2 radical (unpaired) electrons. The van der Waals surface area contributed by atoms with Gasteiger partial charge < -0.3 is 0 Å². The van der Waals surface area contributed by atoms with E-state index in [4.69, 9.17) is 0 Å². The highest BCUT2D eigenvalue weighted by atomic mass is 19.4. The van der Waals surface area contributed by atoms with E-state index < -0.39 is 17.8 Å². The van der Waals surface area contributed by atoms with Gasteiger partial charge in [-0.15, -0.1) is 5.21 Å². The Hall–Kier alpha value is -3.07. The highest BCUT2D eigenvalue weighted by molar-refractivity contribution is 5.44. The fraction of sp³-hybridized carbons (Fsp3) is 0.231. The minimum absolute atomic E-state index is 0.307. The fourth-order valence-corrected chi connectivity index (χ4v) is 3.25. The lowest BCUT2D eigenvalue weighted by Gasteiger charge is -2.14. The second kappa shape index (κ2) is 10.3. The second-order valence-electron chi connectivity index (χ2n) is 7.34. The zero-order valence-electron chi connectivity index (χ0n) is 17.1. The summed E-state index contributed by atoms with van der Waals surface area (Å²) < 4.78 is 38.1. The van der Waals surface area contributed by atoms with Crippen molar-refractivity contribution in [2.45, 2.75) is 38.4 Å². The van der Waals surface area contributed by atoms with E-state index in [-0.39, 0.29) is 0 Å². The van der Waals surface area contributed by atoms with Gasteiger partial charge in [-0.3, -0.25) is 0 Å². The van der Waals surface area contributed by atoms with Crippen LogP contribution in [0.1, 0.15) is 52.8 Å². The second-order valence-corrected chi connectivity index (χ2v) is 7.34. The molecular formula is C26H22F3NO. The normalized spacial score (nSPS) is 12.2. The van der Waals surface area contributed by atoms with Crippen LogP contribution in [0.3, 0.4) is 0 Å². The lowest BCUT2D eigenvalue weighted by molar-refractivity contribution is -0.137. The SMILES string of the molecule is CCCc1ccc(C#Cc2ccc(CC([N][O])c3ccc(C(F)(F)F)cc3)cc2)cc1. The Morgan fingerprint density at radius 3 is 1.77 bits per heavy atom. The highest BCUT2D eigenvalue weighted by Crippen LogP contribution is 2.30. The summed E-state index contributed by atoms with van der Waals surface area (Å²) in [6, 6.07) is 19.4. The predicted octanol–water partition coefficient (Wildman–Crippen LogP) is 6.29. The van der Waals surface area contributed by atoms with E-state index in [0.29, 0.717) is 12.0 Å². The summed E-state index contributed by atoms with van der Waals surface area (Å²) in [5.74, 6) is 6.25. The molecule has 0 spiro atoms. The summed E-state index contributed by atoms with van der Waals surface area (Å²) in [7, 11) is 0. The van der Waals surface area contributed by atoms with Gasteiger partial charge in [-0.25, -0.2) is 0 Å². The van der Waals surface area contributed by atoms with Crippen LogP contribution in [0.5, 0.6) is 0 Å². The summed E-state index contributed by atoms with van der Waals surface area (Å²) in [5.41, 5.74) is 6.75. The van der Waals surface area contributed by atoms with Crippen molar-refractivity contribution < 1.29 is 18.4 Å². The number of aryl methyl sites for hydroxylation is 1. The van der Waals surface area contributed by atoms with Crippen molar-refractivity contribution >= 4 is 0 Å². The van der Waals surface area contributed by atoms with Crippen molar-refractivity contribution in [2.24, 2.45) is 0 Å². The molecule has 3 rings (SSSR count). The molecular weight excluding hydrogens is 399 g/mol. The van der Waals surface area contributed by atoms with Crippen LogP contribution in [0, 0.1) is 11.8 Å². The number of alkyl halides is 3. The molecule has 158 valence electrons. The third-order valence-electron chi connectivity index (χ3n) is 4.98. The van der Waals surface area contributed by atoms with Crippen LogP contribution in [-0.4, -0.2) is 0 Å². The standard InChI is InChI=1S/C26H22F3NO/c1-2-3-19-4-6-20(7-5-19)8-9-21-10-12-22(13-11-21)18-25(30-31)23-14-16-24(17-15-23)26(27,28)29/h4-7,10-17,25H,2-3,18H2,1H3. The molecule has 3 aromatic rings. The van der Waals surface area contributed by atoms with Crippen LogP contribution in [0.2, 0.25) is 0 Å². The lowest BCUT2D eigenvalue weighted by Crippen LogP contribution is -2.13. The number of hydrogen-bond acceptors (Lipinski definition) is 0. The Labute approximate surface area is 180 Å². The van der Waals surface area contributed by atoms with Crippen LogP contribution in [0.25, 0.3) is 0 Å². The van der Waals surface area contributed by atoms with E-state index in [1.54, 1.807) is 0 Å². The molecule has 3 aromatic carbocycles. The maximum absolute atomic E-state index is 12.7. The van der Waals surface area contributed by atoms with Crippen molar-refractivity contribution in [1.29, 1.82) is 0 Å². The average molecular weight is 421 g/mol. The fourth-order valence-electron chi connectivity index (χ4n) is 3.25.